The van der Waals surface area contributed by atoms with Gasteiger partial charge in [0.1, 0.15) is 0 Å². The first-order valence-corrected chi connectivity index (χ1v) is 9.03. The van der Waals surface area contributed by atoms with Crippen LogP contribution in [0.2, 0.25) is 0 Å². The van der Waals surface area contributed by atoms with Gasteiger partial charge in [-0.2, -0.15) is 0 Å². The van der Waals surface area contributed by atoms with Crippen LogP contribution >= 0.6 is 11.3 Å². The van der Waals surface area contributed by atoms with E-state index in [4.69, 9.17) is 0 Å². The number of sulfonamides is 1. The van der Waals surface area contributed by atoms with Crippen LogP contribution in [0.4, 0.5) is 0 Å². The molecule has 1 aromatic heterocycles. The minimum absolute atomic E-state index is 0.136. The Balaban J connectivity index is 2.01. The molecule has 0 saturated heterocycles. The molecule has 1 heterocycles. The zero-order valence-electron chi connectivity index (χ0n) is 11.5. The quantitative estimate of drug-likeness (QED) is 0.848. The highest BCUT2D eigenvalue weighted by atomic mass is 32.2. The molecule has 2 rings (SSSR count). The number of thiophene rings is 1. The largest absolute Gasteiger partial charge is 0.315 e. The molecule has 1 saturated carbocycles. The fourth-order valence-corrected chi connectivity index (χ4v) is 5.01. The molecule has 4 nitrogen and oxygen atoms in total. The Morgan fingerprint density at radius 1 is 1.37 bits per heavy atom. The number of rotatable bonds is 6. The van der Waals surface area contributed by atoms with E-state index in [-0.39, 0.29) is 5.41 Å². The maximum atomic E-state index is 12.2. The first-order chi connectivity index (χ1) is 8.95. The predicted octanol–water partition coefficient (Wildman–Crippen LogP) is 2.33. The molecule has 0 aliphatic heterocycles. The second kappa shape index (κ2) is 5.91. The lowest BCUT2D eigenvalue weighted by atomic mass is 9.89. The van der Waals surface area contributed by atoms with Gasteiger partial charge >= 0.3 is 0 Å². The van der Waals surface area contributed by atoms with E-state index >= 15 is 0 Å². The Bertz CT molecular complexity index is 517. The standard InChI is InChI=1S/C13H22N2O2S2/c1-13(5-3-4-6-13)10-15-19(16,17)12-7-11(8-14-2)18-9-12/h7,9,14-15H,3-6,8,10H2,1-2H3. The molecule has 0 radical (unpaired) electrons. The topological polar surface area (TPSA) is 58.2 Å². The van der Waals surface area contributed by atoms with E-state index < -0.39 is 10.0 Å². The summed E-state index contributed by atoms with van der Waals surface area (Å²) < 4.78 is 27.2. The highest BCUT2D eigenvalue weighted by molar-refractivity contribution is 7.89. The summed E-state index contributed by atoms with van der Waals surface area (Å²) in [5.74, 6) is 0. The van der Waals surface area contributed by atoms with Gasteiger partial charge in [-0.05, 0) is 31.4 Å². The molecule has 0 atom stereocenters. The van der Waals surface area contributed by atoms with E-state index in [0.29, 0.717) is 18.0 Å². The van der Waals surface area contributed by atoms with E-state index in [2.05, 4.69) is 17.0 Å². The van der Waals surface area contributed by atoms with Crippen molar-refractivity contribution in [2.45, 2.75) is 44.0 Å². The second-order valence-corrected chi connectivity index (χ2v) is 8.38. The van der Waals surface area contributed by atoms with Gasteiger partial charge in [0.05, 0.1) is 4.90 Å². The monoisotopic (exact) mass is 302 g/mol. The molecule has 0 amide bonds. The minimum Gasteiger partial charge on any atom is -0.315 e. The number of hydrogen-bond acceptors (Lipinski definition) is 4. The summed E-state index contributed by atoms with van der Waals surface area (Å²) in [4.78, 5) is 1.43. The van der Waals surface area contributed by atoms with Crippen molar-refractivity contribution in [3.63, 3.8) is 0 Å². The first-order valence-electron chi connectivity index (χ1n) is 6.67. The highest BCUT2D eigenvalue weighted by Crippen LogP contribution is 2.37. The van der Waals surface area contributed by atoms with Crippen LogP contribution in [0.3, 0.4) is 0 Å². The SMILES string of the molecule is CNCc1cc(S(=O)(=O)NCC2(C)CCCC2)cs1. The van der Waals surface area contributed by atoms with Gasteiger partial charge in [-0.3, -0.25) is 0 Å². The summed E-state index contributed by atoms with van der Waals surface area (Å²) in [5, 5.41) is 4.74. The lowest BCUT2D eigenvalue weighted by molar-refractivity contribution is 0.336. The van der Waals surface area contributed by atoms with E-state index in [1.807, 2.05) is 7.05 Å². The van der Waals surface area contributed by atoms with Gasteiger partial charge in [-0.15, -0.1) is 11.3 Å². The third kappa shape index (κ3) is 3.78. The third-order valence-corrected chi connectivity index (χ3v) is 6.26. The van der Waals surface area contributed by atoms with Crippen molar-refractivity contribution >= 4 is 21.4 Å². The summed E-state index contributed by atoms with van der Waals surface area (Å²) in [6.07, 6.45) is 4.65. The van der Waals surface area contributed by atoms with Crippen molar-refractivity contribution in [3.05, 3.63) is 16.3 Å². The average molecular weight is 302 g/mol. The van der Waals surface area contributed by atoms with Gasteiger partial charge in [0, 0.05) is 23.3 Å². The molecule has 0 spiro atoms. The van der Waals surface area contributed by atoms with Gasteiger partial charge in [0.2, 0.25) is 10.0 Å². The highest BCUT2D eigenvalue weighted by Gasteiger charge is 2.30. The molecule has 1 fully saturated rings. The van der Waals surface area contributed by atoms with Gasteiger partial charge < -0.3 is 5.32 Å². The predicted molar refractivity (Wildman–Crippen MR) is 78.8 cm³/mol. The maximum absolute atomic E-state index is 12.2. The molecule has 1 aliphatic rings. The molecule has 2 N–H and O–H groups in total. The molecule has 1 aliphatic carbocycles. The van der Waals surface area contributed by atoms with E-state index in [0.717, 1.165) is 17.7 Å². The minimum atomic E-state index is -3.35. The molecule has 0 aromatic carbocycles. The summed E-state index contributed by atoms with van der Waals surface area (Å²) >= 11 is 1.48. The Hall–Kier alpha value is -0.430. The summed E-state index contributed by atoms with van der Waals surface area (Å²) in [7, 11) is -1.50. The normalized spacial score (nSPS) is 18.8. The van der Waals surface area contributed by atoms with Crippen molar-refractivity contribution in [1.29, 1.82) is 0 Å². The molecule has 0 unspecified atom stereocenters. The molecule has 6 heteroatoms. The smallest absolute Gasteiger partial charge is 0.241 e. The zero-order chi connectivity index (χ0) is 13.9. The van der Waals surface area contributed by atoms with E-state index in [9.17, 15) is 8.42 Å². The molecule has 0 bridgehead atoms. The van der Waals surface area contributed by atoms with Crippen LogP contribution in [0.1, 0.15) is 37.5 Å². The fourth-order valence-electron chi connectivity index (χ4n) is 2.53. The third-order valence-electron chi connectivity index (χ3n) is 3.79. The van der Waals surface area contributed by atoms with E-state index in [1.54, 1.807) is 11.4 Å². The van der Waals surface area contributed by atoms with Gasteiger partial charge in [-0.25, -0.2) is 13.1 Å². The Morgan fingerprint density at radius 2 is 2.05 bits per heavy atom. The zero-order valence-corrected chi connectivity index (χ0v) is 13.2. The van der Waals surface area contributed by atoms with Crippen molar-refractivity contribution in [1.82, 2.24) is 10.0 Å². The summed E-state index contributed by atoms with van der Waals surface area (Å²) in [6.45, 7) is 3.42. The maximum Gasteiger partial charge on any atom is 0.241 e. The van der Waals surface area contributed by atoms with Crippen LogP contribution in [0, 0.1) is 5.41 Å². The van der Waals surface area contributed by atoms with Crippen LogP contribution in [0.15, 0.2) is 16.3 Å². The van der Waals surface area contributed by atoms with Crippen LogP contribution in [-0.2, 0) is 16.6 Å². The van der Waals surface area contributed by atoms with Crippen molar-refractivity contribution in [3.8, 4) is 0 Å². The van der Waals surface area contributed by atoms with Crippen LogP contribution in [0.25, 0.3) is 0 Å². The number of nitrogens with one attached hydrogen (secondary N) is 2. The van der Waals surface area contributed by atoms with Crippen molar-refractivity contribution in [2.75, 3.05) is 13.6 Å². The number of hydrogen-bond donors (Lipinski definition) is 2. The Morgan fingerprint density at radius 3 is 2.68 bits per heavy atom. The van der Waals surface area contributed by atoms with Crippen LogP contribution in [-0.4, -0.2) is 22.0 Å². The van der Waals surface area contributed by atoms with Gasteiger partial charge in [-0.1, -0.05) is 19.8 Å². The molecule has 19 heavy (non-hydrogen) atoms. The lowest BCUT2D eigenvalue weighted by Crippen LogP contribution is -2.33. The second-order valence-electron chi connectivity index (χ2n) is 5.62. The summed E-state index contributed by atoms with van der Waals surface area (Å²) in [5.41, 5.74) is 0.136. The lowest BCUT2D eigenvalue weighted by Gasteiger charge is -2.23. The molecule has 108 valence electrons. The molecular weight excluding hydrogens is 280 g/mol. The fraction of sp³-hybridized carbons (Fsp3) is 0.692. The van der Waals surface area contributed by atoms with E-state index in [1.165, 1.54) is 24.2 Å². The average Bonchev–Trinajstić information content (AvgIpc) is 2.98. The van der Waals surface area contributed by atoms with Gasteiger partial charge in [0.25, 0.3) is 0 Å². The Labute approximate surface area is 119 Å². The van der Waals surface area contributed by atoms with Crippen LogP contribution in [0.5, 0.6) is 0 Å². The van der Waals surface area contributed by atoms with Crippen molar-refractivity contribution in [2.24, 2.45) is 5.41 Å². The Kier molecular flexibility index (Phi) is 4.66. The summed E-state index contributed by atoms with van der Waals surface area (Å²) in [6, 6.07) is 1.75. The first kappa shape index (κ1) is 15.0. The molecule has 1 aromatic rings. The van der Waals surface area contributed by atoms with Crippen molar-refractivity contribution < 1.29 is 8.42 Å². The van der Waals surface area contributed by atoms with Gasteiger partial charge in [0.15, 0.2) is 0 Å². The molecular formula is C13H22N2O2S2. The van der Waals surface area contributed by atoms with Crippen LogP contribution < -0.4 is 10.0 Å².